The van der Waals surface area contributed by atoms with Crippen molar-refractivity contribution in [3.05, 3.63) is 0 Å². The van der Waals surface area contributed by atoms with E-state index in [2.05, 4.69) is 10.9 Å². The summed E-state index contributed by atoms with van der Waals surface area (Å²) >= 11 is 0. The van der Waals surface area contributed by atoms with Crippen LogP contribution in [0.5, 0.6) is 0 Å². The summed E-state index contributed by atoms with van der Waals surface area (Å²) in [5.74, 6) is 0. The Bertz CT molecular complexity index is 88.9. The summed E-state index contributed by atoms with van der Waals surface area (Å²) in [6.07, 6.45) is 0.780. The van der Waals surface area contributed by atoms with E-state index < -0.39 is 6.03 Å². The van der Waals surface area contributed by atoms with Crippen molar-refractivity contribution in [3.63, 3.8) is 0 Å². The molecule has 0 fully saturated rings. The third-order valence-corrected chi connectivity index (χ3v) is 0.265. The van der Waals surface area contributed by atoms with Gasteiger partial charge in [0.05, 0.1) is 0 Å². The van der Waals surface area contributed by atoms with E-state index in [1.807, 2.05) is 5.32 Å². The van der Waals surface area contributed by atoms with Gasteiger partial charge in [0.1, 0.15) is 6.34 Å². The second kappa shape index (κ2) is 2.95. The smallest absolute Gasteiger partial charge is 0.317 e. The maximum absolute atomic E-state index is 9.67. The summed E-state index contributed by atoms with van der Waals surface area (Å²) < 4.78 is 0. The highest BCUT2D eigenvalue weighted by molar-refractivity contribution is 5.84. The number of oxime groups is 1. The van der Waals surface area contributed by atoms with Crippen molar-refractivity contribution in [2.24, 2.45) is 10.9 Å². The van der Waals surface area contributed by atoms with Gasteiger partial charge < -0.3 is 10.9 Å². The van der Waals surface area contributed by atoms with Crippen LogP contribution in [0.25, 0.3) is 0 Å². The van der Waals surface area contributed by atoms with Gasteiger partial charge >= 0.3 is 6.03 Å². The number of nitrogens with one attached hydrogen (secondary N) is 1. The number of primary amides is 1. The van der Waals surface area contributed by atoms with Gasteiger partial charge in [0.2, 0.25) is 0 Å². The molecule has 0 spiro atoms. The molecule has 0 aliphatic rings. The number of hydrogen-bond acceptors (Lipinski definition) is 3. The minimum Gasteiger partial charge on any atom is -0.410 e. The van der Waals surface area contributed by atoms with Crippen molar-refractivity contribution >= 4 is 12.4 Å². The maximum Gasteiger partial charge on any atom is 0.317 e. The van der Waals surface area contributed by atoms with E-state index in [1.165, 1.54) is 0 Å². The largest absolute Gasteiger partial charge is 0.410 e. The van der Waals surface area contributed by atoms with Crippen molar-refractivity contribution in [2.75, 3.05) is 0 Å². The Morgan fingerprint density at radius 3 is 2.71 bits per heavy atom. The van der Waals surface area contributed by atoms with Gasteiger partial charge in [-0.2, -0.15) is 0 Å². The summed E-state index contributed by atoms with van der Waals surface area (Å²) in [6, 6.07) is -0.752. The van der Waals surface area contributed by atoms with E-state index in [1.54, 1.807) is 0 Å². The van der Waals surface area contributed by atoms with Crippen LogP contribution in [0.15, 0.2) is 5.16 Å². The molecule has 0 aliphatic heterocycles. The van der Waals surface area contributed by atoms with Gasteiger partial charge in [-0.05, 0) is 0 Å². The Hall–Kier alpha value is -1.26. The van der Waals surface area contributed by atoms with Crippen molar-refractivity contribution in [1.29, 1.82) is 0 Å². The molecule has 0 saturated carbocycles. The summed E-state index contributed by atoms with van der Waals surface area (Å²) in [7, 11) is 0. The molecule has 40 valence electrons. The van der Waals surface area contributed by atoms with Gasteiger partial charge in [0.15, 0.2) is 0 Å². The average Bonchev–Trinajstić information content (AvgIpc) is 1.61. The van der Waals surface area contributed by atoms with Crippen LogP contribution < -0.4 is 11.1 Å². The van der Waals surface area contributed by atoms with Crippen molar-refractivity contribution in [1.82, 2.24) is 5.32 Å². The fourth-order valence-electron chi connectivity index (χ4n) is 0.0925. The number of amides is 2. The molecule has 0 aromatic rings. The zero-order chi connectivity index (χ0) is 5.70. The van der Waals surface area contributed by atoms with Crippen molar-refractivity contribution in [2.45, 2.75) is 0 Å². The highest BCUT2D eigenvalue weighted by atomic mass is 16.4. The van der Waals surface area contributed by atoms with E-state index in [9.17, 15) is 4.79 Å². The molecule has 0 aliphatic carbocycles. The van der Waals surface area contributed by atoms with Gasteiger partial charge in [0.25, 0.3) is 0 Å². The molecule has 5 nitrogen and oxygen atoms in total. The van der Waals surface area contributed by atoms with Gasteiger partial charge in [-0.3, -0.25) is 5.32 Å². The SMILES string of the molecule is NC(=O)N/C=N/O. The Kier molecular flexibility index (Phi) is 2.42. The molecule has 0 heterocycles. The lowest BCUT2D eigenvalue weighted by molar-refractivity contribution is 0.252. The van der Waals surface area contributed by atoms with Crippen molar-refractivity contribution in [3.8, 4) is 0 Å². The molecular formula is C2H5N3O2. The van der Waals surface area contributed by atoms with E-state index in [0.29, 0.717) is 0 Å². The van der Waals surface area contributed by atoms with Crippen LogP contribution in [0.4, 0.5) is 4.79 Å². The summed E-state index contributed by atoms with van der Waals surface area (Å²) in [5, 5.41) is 11.9. The normalized spacial score (nSPS) is 9.14. The molecule has 0 bridgehead atoms. The van der Waals surface area contributed by atoms with Gasteiger partial charge in [-0.1, -0.05) is 5.16 Å². The molecule has 0 radical (unpaired) electrons. The lowest BCUT2D eigenvalue weighted by atomic mass is 11.0. The zero-order valence-electron chi connectivity index (χ0n) is 3.46. The van der Waals surface area contributed by atoms with E-state index in [0.717, 1.165) is 6.34 Å². The Balaban J connectivity index is 3.14. The predicted molar refractivity (Wildman–Crippen MR) is 23.0 cm³/mol. The topological polar surface area (TPSA) is 87.7 Å². The van der Waals surface area contributed by atoms with Crippen LogP contribution in [0.3, 0.4) is 0 Å². The minimum absolute atomic E-state index is 0.752. The fraction of sp³-hybridized carbons (Fsp3) is 0. The summed E-state index contributed by atoms with van der Waals surface area (Å²) in [6.45, 7) is 0. The molecule has 5 heteroatoms. The van der Waals surface area contributed by atoms with Gasteiger partial charge in [0, 0.05) is 0 Å². The quantitative estimate of drug-likeness (QED) is 0.173. The second-order valence-electron chi connectivity index (χ2n) is 0.753. The van der Waals surface area contributed by atoms with Crippen LogP contribution in [-0.4, -0.2) is 17.6 Å². The van der Waals surface area contributed by atoms with Gasteiger partial charge in [-0.15, -0.1) is 0 Å². The molecule has 4 N–H and O–H groups in total. The second-order valence-corrected chi connectivity index (χ2v) is 0.753. The minimum atomic E-state index is -0.752. The molecule has 0 unspecified atom stereocenters. The van der Waals surface area contributed by atoms with Crippen LogP contribution in [-0.2, 0) is 0 Å². The van der Waals surface area contributed by atoms with Crippen molar-refractivity contribution < 1.29 is 10.0 Å². The van der Waals surface area contributed by atoms with E-state index in [-0.39, 0.29) is 0 Å². The molecule has 7 heavy (non-hydrogen) atoms. The Labute approximate surface area is 39.8 Å². The standard InChI is InChI=1S/C2H5N3O2/c3-2(6)4-1-5-7/h1,7H,(H3,3,4,5,6). The lowest BCUT2D eigenvalue weighted by Gasteiger charge is -1.83. The monoisotopic (exact) mass is 103 g/mol. The first kappa shape index (κ1) is 5.74. The first-order valence-electron chi connectivity index (χ1n) is 1.49. The van der Waals surface area contributed by atoms with Crippen LogP contribution in [0.1, 0.15) is 0 Å². The van der Waals surface area contributed by atoms with Crippen LogP contribution in [0.2, 0.25) is 0 Å². The average molecular weight is 103 g/mol. The molecule has 0 saturated heterocycles. The van der Waals surface area contributed by atoms with E-state index in [4.69, 9.17) is 5.21 Å². The number of rotatable bonds is 1. The summed E-state index contributed by atoms with van der Waals surface area (Å²) in [4.78, 5) is 9.67. The predicted octanol–water partition coefficient (Wildman–Crippen LogP) is -0.928. The lowest BCUT2D eigenvalue weighted by Crippen LogP contribution is -2.27. The Morgan fingerprint density at radius 2 is 2.57 bits per heavy atom. The molecule has 0 aromatic carbocycles. The zero-order valence-corrected chi connectivity index (χ0v) is 3.46. The van der Waals surface area contributed by atoms with E-state index >= 15 is 0 Å². The fourth-order valence-corrected chi connectivity index (χ4v) is 0.0925. The molecular weight excluding hydrogens is 98.0 g/mol. The van der Waals surface area contributed by atoms with Gasteiger partial charge in [-0.25, -0.2) is 4.79 Å². The third-order valence-electron chi connectivity index (χ3n) is 0.265. The molecule has 0 aromatic heterocycles. The molecule has 0 rings (SSSR count). The highest BCUT2D eigenvalue weighted by Crippen LogP contribution is 1.47. The first-order chi connectivity index (χ1) is 3.27. The van der Waals surface area contributed by atoms with Crippen LogP contribution in [0, 0.1) is 0 Å². The maximum atomic E-state index is 9.67. The number of hydrogen-bond donors (Lipinski definition) is 3. The number of carbonyl (C=O) groups is 1. The number of nitrogens with two attached hydrogens (primary N) is 1. The van der Waals surface area contributed by atoms with Crippen LogP contribution >= 0.6 is 0 Å². The first-order valence-corrected chi connectivity index (χ1v) is 1.49. The molecule has 0 atom stereocenters. The highest BCUT2D eigenvalue weighted by Gasteiger charge is 1.79. The summed E-state index contributed by atoms with van der Waals surface area (Å²) in [5.41, 5.74) is 4.53. The molecule has 2 amide bonds. The third kappa shape index (κ3) is 4.74. The number of urea groups is 1. The number of carbonyl (C=O) groups excluding carboxylic acids is 1. The Morgan fingerprint density at radius 1 is 2.00 bits per heavy atom. The number of nitrogens with zero attached hydrogens (tertiary/aromatic N) is 1.